The fourth-order valence-corrected chi connectivity index (χ4v) is 4.85. The van der Waals surface area contributed by atoms with E-state index in [4.69, 9.17) is 16.3 Å². The third kappa shape index (κ3) is 5.55. The molecule has 4 rings (SSSR count). The molecule has 1 fully saturated rings. The van der Waals surface area contributed by atoms with Crippen molar-refractivity contribution >= 4 is 40.4 Å². The quantitative estimate of drug-likeness (QED) is 0.496. The first-order chi connectivity index (χ1) is 16.1. The third-order valence-corrected chi connectivity index (χ3v) is 6.62. The molecular formula is C25H26ClN3O3S. The normalized spacial score (nSPS) is 16.8. The van der Waals surface area contributed by atoms with Crippen LogP contribution in [0, 0.1) is 0 Å². The average Bonchev–Trinajstić information content (AvgIpc) is 3.37. The van der Waals surface area contributed by atoms with Gasteiger partial charge in [-0.3, -0.25) is 14.5 Å². The molecule has 1 N–H and O–H groups in total. The second-order valence-electron chi connectivity index (χ2n) is 7.86. The van der Waals surface area contributed by atoms with E-state index < -0.39 is 6.04 Å². The molecule has 0 radical (unpaired) electrons. The van der Waals surface area contributed by atoms with E-state index in [0.29, 0.717) is 24.5 Å². The zero-order valence-corrected chi connectivity index (χ0v) is 19.9. The zero-order chi connectivity index (χ0) is 23.2. The number of nitrogens with one attached hydrogen (secondary N) is 1. The number of halogens is 1. The van der Waals surface area contributed by atoms with Crippen molar-refractivity contribution in [3.63, 3.8) is 0 Å². The van der Waals surface area contributed by atoms with Gasteiger partial charge in [-0.05, 0) is 54.8 Å². The second-order valence-corrected chi connectivity index (χ2v) is 9.11. The van der Waals surface area contributed by atoms with Crippen molar-refractivity contribution in [2.75, 3.05) is 30.4 Å². The number of ether oxygens (including phenoxy) is 1. The summed E-state index contributed by atoms with van der Waals surface area (Å²) in [5.41, 5.74) is 0.594. The Bertz CT molecular complexity index is 1060. The molecule has 172 valence electrons. The summed E-state index contributed by atoms with van der Waals surface area (Å²) in [7, 11) is 0. The fourth-order valence-electron chi connectivity index (χ4n) is 3.91. The van der Waals surface area contributed by atoms with Gasteiger partial charge in [0.2, 0.25) is 5.91 Å². The summed E-state index contributed by atoms with van der Waals surface area (Å²) < 4.78 is 5.88. The number of amides is 2. The number of hydrogen-bond acceptors (Lipinski definition) is 5. The van der Waals surface area contributed by atoms with E-state index in [1.54, 1.807) is 24.3 Å². The van der Waals surface area contributed by atoms with E-state index in [-0.39, 0.29) is 23.7 Å². The number of carbonyl (C=O) groups excluding carboxylic acids is 2. The molecular weight excluding hydrogens is 458 g/mol. The molecule has 1 aromatic heterocycles. The summed E-state index contributed by atoms with van der Waals surface area (Å²) in [4.78, 5) is 30.9. The van der Waals surface area contributed by atoms with Crippen LogP contribution in [0.3, 0.4) is 0 Å². The first-order valence-electron chi connectivity index (χ1n) is 10.8. The average molecular weight is 484 g/mol. The first-order valence-corrected chi connectivity index (χ1v) is 12.2. The summed E-state index contributed by atoms with van der Waals surface area (Å²) >= 11 is 7.46. The van der Waals surface area contributed by atoms with E-state index in [1.807, 2.05) is 59.7 Å². The maximum Gasteiger partial charge on any atom is 0.251 e. The van der Waals surface area contributed by atoms with Crippen LogP contribution < -0.4 is 15.0 Å². The van der Waals surface area contributed by atoms with E-state index in [0.717, 1.165) is 17.2 Å². The van der Waals surface area contributed by atoms with Gasteiger partial charge in [-0.1, -0.05) is 24.3 Å². The Balaban J connectivity index is 1.66. The molecule has 0 aliphatic carbocycles. The summed E-state index contributed by atoms with van der Waals surface area (Å²) in [6, 6.07) is 19.8. The molecule has 1 aliphatic rings. The molecule has 33 heavy (non-hydrogen) atoms. The lowest BCUT2D eigenvalue weighted by molar-refractivity contribution is -0.135. The first kappa shape index (κ1) is 23.3. The van der Waals surface area contributed by atoms with Gasteiger partial charge >= 0.3 is 0 Å². The van der Waals surface area contributed by atoms with Crippen molar-refractivity contribution in [1.29, 1.82) is 0 Å². The molecule has 6 nitrogen and oxygen atoms in total. The van der Waals surface area contributed by atoms with Crippen LogP contribution in [0.15, 0.2) is 72.1 Å². The number of alkyl halides is 1. The van der Waals surface area contributed by atoms with Crippen LogP contribution in [0.2, 0.25) is 0 Å². The predicted molar refractivity (Wildman–Crippen MR) is 132 cm³/mol. The van der Waals surface area contributed by atoms with Crippen molar-refractivity contribution in [3.8, 4) is 11.5 Å². The largest absolute Gasteiger partial charge is 0.457 e. The maximum atomic E-state index is 13.7. The van der Waals surface area contributed by atoms with Crippen LogP contribution in [-0.2, 0) is 9.59 Å². The Morgan fingerprint density at radius 2 is 1.85 bits per heavy atom. The lowest BCUT2D eigenvalue weighted by Gasteiger charge is -2.37. The highest BCUT2D eigenvalue weighted by Gasteiger charge is 2.37. The number of piperazine rings is 1. The lowest BCUT2D eigenvalue weighted by Crippen LogP contribution is -2.55. The molecule has 1 saturated heterocycles. The minimum Gasteiger partial charge on any atom is -0.457 e. The van der Waals surface area contributed by atoms with Gasteiger partial charge in [0.05, 0.1) is 0 Å². The number of hydrogen-bond donors (Lipinski definition) is 1. The standard InChI is InChI=1S/C25H26ClN3O3S/c1-18-17-28(14-13-27-18)25(31)24(22-8-5-15-33-22)29(23(30)16-26)19-9-11-21(12-10-19)32-20-6-3-2-4-7-20/h2-12,15,18,24,27H,13-14,16-17H2,1H3/t18-,24?/m0/s1. The number of anilines is 1. The molecule has 2 heterocycles. The van der Waals surface area contributed by atoms with Crippen LogP contribution in [0.5, 0.6) is 11.5 Å². The van der Waals surface area contributed by atoms with Crippen molar-refractivity contribution in [2.24, 2.45) is 0 Å². The molecule has 2 amide bonds. The molecule has 0 spiro atoms. The van der Waals surface area contributed by atoms with Crippen LogP contribution in [0.4, 0.5) is 5.69 Å². The molecule has 1 unspecified atom stereocenters. The number of thiophene rings is 1. The van der Waals surface area contributed by atoms with Gasteiger partial charge in [-0.2, -0.15) is 0 Å². The number of carbonyl (C=O) groups is 2. The number of para-hydroxylation sites is 1. The van der Waals surface area contributed by atoms with E-state index >= 15 is 0 Å². The van der Waals surface area contributed by atoms with Gasteiger partial charge in [0.1, 0.15) is 23.4 Å². The third-order valence-electron chi connectivity index (χ3n) is 5.46. The SMILES string of the molecule is C[C@H]1CN(C(=O)C(c2cccs2)N(C(=O)CCl)c2ccc(Oc3ccccc3)cc2)CCN1. The molecule has 2 aromatic carbocycles. The molecule has 1 aliphatic heterocycles. The molecule has 2 atom stereocenters. The zero-order valence-electron chi connectivity index (χ0n) is 18.3. The summed E-state index contributed by atoms with van der Waals surface area (Å²) in [6.45, 7) is 3.96. The minimum atomic E-state index is -0.776. The van der Waals surface area contributed by atoms with Gasteiger partial charge in [-0.25, -0.2) is 0 Å². The Labute approximate surface area is 202 Å². The Morgan fingerprint density at radius 3 is 2.48 bits per heavy atom. The Hall–Kier alpha value is -2.87. The minimum absolute atomic E-state index is 0.103. The van der Waals surface area contributed by atoms with Crippen LogP contribution >= 0.6 is 22.9 Å². The van der Waals surface area contributed by atoms with Crippen molar-refractivity contribution in [3.05, 3.63) is 77.0 Å². The highest BCUT2D eigenvalue weighted by molar-refractivity contribution is 7.10. The fraction of sp³-hybridized carbons (Fsp3) is 0.280. The molecule has 8 heteroatoms. The highest BCUT2D eigenvalue weighted by atomic mass is 35.5. The Kier molecular flexibility index (Phi) is 7.65. The summed E-state index contributed by atoms with van der Waals surface area (Å²) in [5.74, 6) is 0.698. The van der Waals surface area contributed by atoms with Crippen LogP contribution in [0.1, 0.15) is 17.8 Å². The van der Waals surface area contributed by atoms with Gasteiger partial charge in [0.15, 0.2) is 0 Å². The second kappa shape index (κ2) is 10.8. The van der Waals surface area contributed by atoms with E-state index in [9.17, 15) is 9.59 Å². The maximum absolute atomic E-state index is 13.7. The highest BCUT2D eigenvalue weighted by Crippen LogP contribution is 2.34. The summed E-state index contributed by atoms with van der Waals surface area (Å²) in [5, 5.41) is 5.27. The van der Waals surface area contributed by atoms with E-state index in [2.05, 4.69) is 5.32 Å². The van der Waals surface area contributed by atoms with E-state index in [1.165, 1.54) is 16.2 Å². The van der Waals surface area contributed by atoms with Crippen molar-refractivity contribution < 1.29 is 14.3 Å². The predicted octanol–water partition coefficient (Wildman–Crippen LogP) is 4.67. The number of nitrogens with zero attached hydrogens (tertiary/aromatic N) is 2. The lowest BCUT2D eigenvalue weighted by atomic mass is 10.1. The Morgan fingerprint density at radius 1 is 1.12 bits per heavy atom. The van der Waals surface area contributed by atoms with Crippen LogP contribution in [-0.4, -0.2) is 48.3 Å². The number of benzene rings is 2. The van der Waals surface area contributed by atoms with Gasteiger partial charge in [-0.15, -0.1) is 22.9 Å². The van der Waals surface area contributed by atoms with Crippen LogP contribution in [0.25, 0.3) is 0 Å². The van der Waals surface area contributed by atoms with Crippen molar-refractivity contribution in [2.45, 2.75) is 19.0 Å². The van der Waals surface area contributed by atoms with Gasteiger partial charge in [0, 0.05) is 36.2 Å². The molecule has 3 aromatic rings. The molecule has 0 saturated carbocycles. The summed E-state index contributed by atoms with van der Waals surface area (Å²) in [6.07, 6.45) is 0. The topological polar surface area (TPSA) is 61.9 Å². The van der Waals surface area contributed by atoms with Gasteiger partial charge in [0.25, 0.3) is 5.91 Å². The smallest absolute Gasteiger partial charge is 0.251 e. The van der Waals surface area contributed by atoms with Gasteiger partial charge < -0.3 is 15.0 Å². The number of rotatable bonds is 7. The molecule has 0 bridgehead atoms. The van der Waals surface area contributed by atoms with Crippen molar-refractivity contribution in [1.82, 2.24) is 10.2 Å². The monoisotopic (exact) mass is 483 g/mol.